The second-order valence-electron chi connectivity index (χ2n) is 14.8. The molecule has 1 N–H and O–H groups in total. The molecule has 3 saturated heterocycles. The van der Waals surface area contributed by atoms with Crippen LogP contribution in [0.4, 0.5) is 4.39 Å². The molecule has 3 aromatic heterocycles. The van der Waals surface area contributed by atoms with E-state index in [2.05, 4.69) is 44.6 Å². The van der Waals surface area contributed by atoms with Gasteiger partial charge >= 0.3 is 0 Å². The topological polar surface area (TPSA) is 91.8 Å². The highest BCUT2D eigenvalue weighted by Crippen LogP contribution is 2.52. The van der Waals surface area contributed by atoms with Crippen LogP contribution in [0.1, 0.15) is 78.6 Å². The van der Waals surface area contributed by atoms with Gasteiger partial charge in [-0.3, -0.25) is 9.48 Å². The third-order valence-corrected chi connectivity index (χ3v) is 12.5. The first-order valence-corrected chi connectivity index (χ1v) is 18.4. The summed E-state index contributed by atoms with van der Waals surface area (Å²) in [5.41, 5.74) is 6.59. The lowest BCUT2D eigenvalue weighted by Crippen LogP contribution is -2.41. The standard InChI is InChI=1S/C39H38Cl2FN7O/c1-19-12-20(2)49(46-19)25-15-31(47(18-25)39(50)22-9-10-22)32-16-27-21(3)45-36-28(38(27)48(32)37-24-14-30(37)44-17-24)13-23(6-5-11-43)33(35(36)42)26-7-4-8-29(40)34(26)41/h4,7-8,12-13,16,22,24-25,30-31,37,44H,5-6,9-10,14-15,17-18H2,1-3H3/t24-,25+,30-,31-,37+/m1/s1. The van der Waals surface area contributed by atoms with Crippen molar-refractivity contribution in [1.29, 1.82) is 5.26 Å². The van der Waals surface area contributed by atoms with Crippen LogP contribution in [0.5, 0.6) is 0 Å². The quantitative estimate of drug-likeness (QED) is 0.183. The van der Waals surface area contributed by atoms with Crippen LogP contribution < -0.4 is 5.32 Å². The number of amides is 1. The summed E-state index contributed by atoms with van der Waals surface area (Å²) < 4.78 is 21.7. The number of halogens is 3. The molecule has 6 heterocycles. The molecule has 5 aromatic rings. The highest BCUT2D eigenvalue weighted by Gasteiger charge is 2.51. The first-order valence-electron chi connectivity index (χ1n) is 17.7. The number of carbonyl (C=O) groups is 1. The maximum Gasteiger partial charge on any atom is 0.226 e. The average molecular weight is 711 g/mol. The summed E-state index contributed by atoms with van der Waals surface area (Å²) in [6.45, 7) is 7.57. The number of aromatic nitrogens is 4. The molecule has 8 nitrogen and oxygen atoms in total. The number of hydrogen-bond acceptors (Lipinski definition) is 5. The molecule has 1 amide bonds. The smallest absolute Gasteiger partial charge is 0.226 e. The van der Waals surface area contributed by atoms with Gasteiger partial charge in [-0.1, -0.05) is 35.3 Å². The van der Waals surface area contributed by atoms with Crippen molar-refractivity contribution in [2.24, 2.45) is 11.8 Å². The highest BCUT2D eigenvalue weighted by atomic mass is 35.5. The first kappa shape index (κ1) is 32.0. The van der Waals surface area contributed by atoms with E-state index in [1.807, 2.05) is 19.9 Å². The molecule has 2 saturated carbocycles. The van der Waals surface area contributed by atoms with Crippen LogP contribution in [0.25, 0.3) is 32.9 Å². The first-order chi connectivity index (χ1) is 24.1. The van der Waals surface area contributed by atoms with Crippen LogP contribution >= 0.6 is 23.2 Å². The van der Waals surface area contributed by atoms with Crippen LogP contribution in [0.2, 0.25) is 10.0 Å². The van der Waals surface area contributed by atoms with E-state index < -0.39 is 5.82 Å². The average Bonchev–Trinajstić information content (AvgIpc) is 3.48. The maximum atomic E-state index is 17.2. The minimum absolute atomic E-state index is 0.0510. The van der Waals surface area contributed by atoms with E-state index in [9.17, 15) is 10.1 Å². The molecule has 0 radical (unpaired) electrons. The number of rotatable bonds is 7. The number of carbonyl (C=O) groups excluding carboxylic acids is 1. The fourth-order valence-corrected chi connectivity index (χ4v) is 9.59. The van der Waals surface area contributed by atoms with Gasteiger partial charge in [0.2, 0.25) is 5.91 Å². The summed E-state index contributed by atoms with van der Waals surface area (Å²) in [6.07, 6.45) is 4.27. The van der Waals surface area contributed by atoms with Crippen molar-refractivity contribution in [3.05, 3.63) is 80.6 Å². The normalized spacial score (nSPS) is 24.3. The van der Waals surface area contributed by atoms with Gasteiger partial charge in [0, 0.05) is 70.5 Å². The lowest BCUT2D eigenvalue weighted by molar-refractivity contribution is -0.133. The number of nitriles is 1. The van der Waals surface area contributed by atoms with E-state index in [0.29, 0.717) is 52.0 Å². The number of aryl methyl sites for hydroxylation is 4. The Kier molecular flexibility index (Phi) is 7.54. The zero-order valence-corrected chi connectivity index (χ0v) is 29.8. The van der Waals surface area contributed by atoms with Crippen LogP contribution in [0.3, 0.4) is 0 Å². The predicted octanol–water partition coefficient (Wildman–Crippen LogP) is 8.34. The summed E-state index contributed by atoms with van der Waals surface area (Å²) >= 11 is 13.1. The highest BCUT2D eigenvalue weighted by molar-refractivity contribution is 6.43. The zero-order chi connectivity index (χ0) is 34.6. The van der Waals surface area contributed by atoms with Crippen molar-refractivity contribution < 1.29 is 9.18 Å². The molecular formula is C39H38Cl2FN7O. The van der Waals surface area contributed by atoms with E-state index in [0.717, 1.165) is 65.9 Å². The Morgan fingerprint density at radius 3 is 2.62 bits per heavy atom. The Balaban J connectivity index is 1.30. The Morgan fingerprint density at radius 2 is 1.94 bits per heavy atom. The summed E-state index contributed by atoms with van der Waals surface area (Å²) in [4.78, 5) is 21.1. The van der Waals surface area contributed by atoms with E-state index >= 15 is 4.39 Å². The van der Waals surface area contributed by atoms with E-state index in [1.54, 1.807) is 18.2 Å². The summed E-state index contributed by atoms with van der Waals surface area (Å²) in [5, 5.41) is 20.4. The van der Waals surface area contributed by atoms with Crippen molar-refractivity contribution in [1.82, 2.24) is 29.5 Å². The van der Waals surface area contributed by atoms with E-state index in [4.69, 9.17) is 33.3 Å². The number of fused-ring (bicyclic) bond motifs is 4. The third kappa shape index (κ3) is 4.82. The van der Waals surface area contributed by atoms with Crippen LogP contribution in [-0.4, -0.2) is 49.3 Å². The summed E-state index contributed by atoms with van der Waals surface area (Å²) in [5.74, 6) is 0.266. The SMILES string of the molecule is Cc1cc(C)n([C@H]2C[C@H](c3cc4c(C)nc5c(F)c(-c6cccc(Cl)c6Cl)c(CCC#N)cc5c4n3[C@H]3[C@H]4CN[C@@H]3C4)N(C(=O)C3CC3)C2)n1. The van der Waals surface area contributed by atoms with Gasteiger partial charge in [-0.2, -0.15) is 10.4 Å². The van der Waals surface area contributed by atoms with Gasteiger partial charge in [-0.15, -0.1) is 0 Å². The molecular weight excluding hydrogens is 672 g/mol. The number of nitrogens with one attached hydrogen (secondary N) is 1. The molecule has 11 heteroatoms. The molecule has 2 aromatic carbocycles. The van der Waals surface area contributed by atoms with Gasteiger partial charge in [-0.25, -0.2) is 9.37 Å². The zero-order valence-electron chi connectivity index (χ0n) is 28.3. The number of nitrogens with zero attached hydrogens (tertiary/aromatic N) is 6. The minimum atomic E-state index is -0.468. The largest absolute Gasteiger partial charge is 0.337 e. The molecule has 50 heavy (non-hydrogen) atoms. The Hall–Kier alpha value is -3.97. The maximum absolute atomic E-state index is 17.2. The van der Waals surface area contributed by atoms with Gasteiger partial charge in [0.25, 0.3) is 0 Å². The predicted molar refractivity (Wildman–Crippen MR) is 193 cm³/mol. The minimum Gasteiger partial charge on any atom is -0.337 e. The van der Waals surface area contributed by atoms with Gasteiger partial charge in [0.15, 0.2) is 5.82 Å². The number of hydrogen-bond donors (Lipinski definition) is 1. The summed E-state index contributed by atoms with van der Waals surface area (Å²) in [6, 6.07) is 14.2. The molecule has 2 bridgehead atoms. The fourth-order valence-electron chi connectivity index (χ4n) is 9.19. The van der Waals surface area contributed by atoms with Crippen molar-refractivity contribution >= 4 is 50.9 Å². The number of benzene rings is 2. The van der Waals surface area contributed by atoms with Crippen molar-refractivity contribution in [2.45, 2.75) is 83.5 Å². The summed E-state index contributed by atoms with van der Waals surface area (Å²) in [7, 11) is 0. The van der Waals surface area contributed by atoms with E-state index in [1.165, 1.54) is 0 Å². The van der Waals surface area contributed by atoms with Gasteiger partial charge in [0.1, 0.15) is 5.52 Å². The Labute approximate surface area is 300 Å². The second-order valence-corrected chi connectivity index (χ2v) is 15.6. The van der Waals surface area contributed by atoms with Crippen molar-refractivity contribution in [3.63, 3.8) is 0 Å². The fraction of sp³-hybridized carbons (Fsp3) is 0.436. The van der Waals surface area contributed by atoms with E-state index in [-0.39, 0.29) is 46.9 Å². The molecule has 5 fully saturated rings. The van der Waals surface area contributed by atoms with Crippen molar-refractivity contribution in [2.75, 3.05) is 13.1 Å². The lowest BCUT2D eigenvalue weighted by atomic mass is 9.79. The lowest BCUT2D eigenvalue weighted by Gasteiger charge is -2.39. The van der Waals surface area contributed by atoms with Crippen LogP contribution in [0.15, 0.2) is 36.4 Å². The van der Waals surface area contributed by atoms with Crippen molar-refractivity contribution in [3.8, 4) is 17.2 Å². The molecule has 2 aliphatic carbocycles. The number of pyridine rings is 1. The van der Waals surface area contributed by atoms with Crippen LogP contribution in [-0.2, 0) is 11.2 Å². The molecule has 5 aliphatic rings. The third-order valence-electron chi connectivity index (χ3n) is 11.7. The molecule has 0 unspecified atom stereocenters. The molecule has 10 rings (SSSR count). The molecule has 0 spiro atoms. The molecule has 5 atom stereocenters. The van der Waals surface area contributed by atoms with Gasteiger partial charge in [-0.05, 0) is 88.6 Å². The second kappa shape index (κ2) is 11.8. The van der Waals surface area contributed by atoms with Gasteiger partial charge in [0.05, 0.1) is 45.5 Å². The number of likely N-dealkylation sites (tertiary alicyclic amines) is 1. The molecule has 3 aliphatic heterocycles. The monoisotopic (exact) mass is 709 g/mol. The Morgan fingerprint density at radius 1 is 1.12 bits per heavy atom. The molecule has 256 valence electrons. The van der Waals surface area contributed by atoms with Gasteiger partial charge < -0.3 is 14.8 Å². The Bertz CT molecular complexity index is 2270. The van der Waals surface area contributed by atoms with Crippen LogP contribution in [0, 0.1) is 49.8 Å².